The average molecular weight is 530 g/mol. The van der Waals surface area contributed by atoms with Crippen molar-refractivity contribution >= 4 is 6.09 Å². The summed E-state index contributed by atoms with van der Waals surface area (Å²) in [6.07, 6.45) is -7.33. The molecule has 2 aromatic rings. The van der Waals surface area contributed by atoms with E-state index in [0.717, 1.165) is 0 Å². The smallest absolute Gasteiger partial charge is 0.427 e. The van der Waals surface area contributed by atoms with E-state index in [1.165, 1.54) is 30.2 Å². The second kappa shape index (κ2) is 11.2. The fourth-order valence-corrected chi connectivity index (χ4v) is 4.77. The Labute approximate surface area is 211 Å². The molecular weight excluding hydrogens is 501 g/mol. The van der Waals surface area contributed by atoms with Crippen molar-refractivity contribution in [3.05, 3.63) is 65.2 Å². The molecule has 0 saturated carbocycles. The minimum Gasteiger partial charge on any atom is -0.497 e. The van der Waals surface area contributed by atoms with Gasteiger partial charge in [-0.15, -0.1) is 0 Å². The lowest BCUT2D eigenvalue weighted by molar-refractivity contribution is -0.220. The van der Waals surface area contributed by atoms with Gasteiger partial charge < -0.3 is 23.8 Å². The third-order valence-electron chi connectivity index (χ3n) is 6.86. The number of rotatable bonds is 7. The van der Waals surface area contributed by atoms with Crippen molar-refractivity contribution in [1.82, 2.24) is 4.90 Å². The van der Waals surface area contributed by atoms with Crippen molar-refractivity contribution in [2.24, 2.45) is 0 Å². The monoisotopic (exact) mass is 529 g/mol. The second-order valence-electron chi connectivity index (χ2n) is 9.29. The minimum atomic E-state index is -4.81. The molecule has 0 aromatic heterocycles. The summed E-state index contributed by atoms with van der Waals surface area (Å²) in [6, 6.07) is 10.3. The summed E-state index contributed by atoms with van der Waals surface area (Å²) in [5.41, 5.74) is -0.0791. The van der Waals surface area contributed by atoms with Crippen LogP contribution < -0.4 is 4.74 Å². The highest BCUT2D eigenvalue weighted by Crippen LogP contribution is 2.44. The highest BCUT2D eigenvalue weighted by atomic mass is 19.4. The Morgan fingerprint density at radius 2 is 1.76 bits per heavy atom. The lowest BCUT2D eigenvalue weighted by atomic mass is 9.83. The first kappa shape index (κ1) is 27.1. The van der Waals surface area contributed by atoms with Gasteiger partial charge >= 0.3 is 12.3 Å². The molecule has 2 aliphatic rings. The number of methoxy groups -OCH3 is 1. The van der Waals surface area contributed by atoms with Gasteiger partial charge in [0.05, 0.1) is 32.5 Å². The maximum Gasteiger partial charge on any atom is 0.427 e. The maximum atomic E-state index is 14.2. The van der Waals surface area contributed by atoms with E-state index in [1.807, 2.05) is 0 Å². The second-order valence-corrected chi connectivity index (χ2v) is 9.29. The van der Waals surface area contributed by atoms with Crippen LogP contribution >= 0.6 is 0 Å². The van der Waals surface area contributed by atoms with Gasteiger partial charge in [-0.05, 0) is 49.1 Å². The fraction of sp³-hybridized carbons (Fsp3) is 0.500. The number of carbonyl (C=O) groups excluding carboxylic acids is 1. The number of hydrogen-bond donors (Lipinski definition) is 0. The Bertz CT molecular complexity index is 1050. The zero-order valence-corrected chi connectivity index (χ0v) is 20.2. The lowest BCUT2D eigenvalue weighted by Gasteiger charge is -2.38. The minimum absolute atomic E-state index is 0.0242. The quantitative estimate of drug-likeness (QED) is 0.438. The number of halogens is 5. The molecule has 11 heteroatoms. The summed E-state index contributed by atoms with van der Waals surface area (Å²) in [7, 11) is 1.50. The van der Waals surface area contributed by atoms with E-state index in [1.54, 1.807) is 24.3 Å². The predicted molar refractivity (Wildman–Crippen MR) is 122 cm³/mol. The number of nitrogens with zero attached hydrogens (tertiary/aromatic N) is 1. The summed E-state index contributed by atoms with van der Waals surface area (Å²) in [4.78, 5) is 13.7. The summed E-state index contributed by atoms with van der Waals surface area (Å²) < 4.78 is 89.8. The highest BCUT2D eigenvalue weighted by Gasteiger charge is 2.47. The van der Waals surface area contributed by atoms with Crippen LogP contribution in [0.25, 0.3) is 0 Å². The molecule has 1 unspecified atom stereocenters. The van der Waals surface area contributed by atoms with Gasteiger partial charge in [-0.25, -0.2) is 13.6 Å². The van der Waals surface area contributed by atoms with Crippen LogP contribution in [-0.4, -0.2) is 62.3 Å². The predicted octanol–water partition coefficient (Wildman–Crippen LogP) is 5.60. The van der Waals surface area contributed by atoms with Crippen LogP contribution in [0.2, 0.25) is 0 Å². The first-order chi connectivity index (χ1) is 17.6. The van der Waals surface area contributed by atoms with Gasteiger partial charge in [0.1, 0.15) is 17.4 Å². The number of benzene rings is 2. The summed E-state index contributed by atoms with van der Waals surface area (Å²) >= 11 is 0. The van der Waals surface area contributed by atoms with Crippen LogP contribution in [0.1, 0.15) is 36.3 Å². The van der Waals surface area contributed by atoms with Gasteiger partial charge in [0.2, 0.25) is 6.10 Å². The average Bonchev–Trinajstić information content (AvgIpc) is 3.26. The van der Waals surface area contributed by atoms with Gasteiger partial charge in [-0.2, -0.15) is 13.2 Å². The number of likely N-dealkylation sites (tertiary alicyclic amines) is 1. The summed E-state index contributed by atoms with van der Waals surface area (Å²) in [5, 5.41) is 0. The van der Waals surface area contributed by atoms with E-state index in [9.17, 15) is 26.7 Å². The Kier molecular flexibility index (Phi) is 8.23. The molecule has 2 saturated heterocycles. The molecule has 4 rings (SSSR count). The Morgan fingerprint density at radius 1 is 1.11 bits per heavy atom. The Morgan fingerprint density at radius 3 is 2.35 bits per heavy atom. The lowest BCUT2D eigenvalue weighted by Crippen LogP contribution is -2.49. The molecule has 1 amide bonds. The molecule has 0 N–H and O–H groups in total. The molecular formula is C26H28F5NO5. The third kappa shape index (κ3) is 6.51. The molecule has 202 valence electrons. The SMILES string of the molecule is COc1ccc(COC[C@@H](OC(=O)N2CCC3(CC2)CC(c2c(F)cccc2F)CO3)C(F)(F)F)cc1. The number of amides is 1. The normalized spacial score (nSPS) is 20.2. The number of hydrogen-bond acceptors (Lipinski definition) is 5. The highest BCUT2D eigenvalue weighted by molar-refractivity contribution is 5.68. The number of piperidine rings is 1. The van der Waals surface area contributed by atoms with Gasteiger partial charge in [0, 0.05) is 24.6 Å². The van der Waals surface area contributed by atoms with Gasteiger partial charge in [0.15, 0.2) is 0 Å². The van der Waals surface area contributed by atoms with E-state index < -0.39 is 48.1 Å². The van der Waals surface area contributed by atoms with Crippen molar-refractivity contribution < 1.29 is 45.7 Å². The van der Waals surface area contributed by atoms with Crippen LogP contribution in [-0.2, 0) is 20.8 Å². The first-order valence-corrected chi connectivity index (χ1v) is 11.9. The van der Waals surface area contributed by atoms with E-state index in [2.05, 4.69) is 0 Å². The van der Waals surface area contributed by atoms with Crippen molar-refractivity contribution in [3.63, 3.8) is 0 Å². The third-order valence-corrected chi connectivity index (χ3v) is 6.86. The topological polar surface area (TPSA) is 57.2 Å². The van der Waals surface area contributed by atoms with Crippen molar-refractivity contribution in [3.8, 4) is 5.75 Å². The maximum absolute atomic E-state index is 14.2. The van der Waals surface area contributed by atoms with Gasteiger partial charge in [0.25, 0.3) is 0 Å². The number of ether oxygens (including phenoxy) is 4. The molecule has 2 atom stereocenters. The largest absolute Gasteiger partial charge is 0.497 e. The molecule has 1 spiro atoms. The molecule has 2 heterocycles. The van der Waals surface area contributed by atoms with Crippen molar-refractivity contribution in [2.45, 2.75) is 49.7 Å². The van der Waals surface area contributed by atoms with Crippen molar-refractivity contribution in [1.29, 1.82) is 0 Å². The molecule has 2 aliphatic heterocycles. The summed E-state index contributed by atoms with van der Waals surface area (Å²) in [6.45, 7) is -0.616. The van der Waals surface area contributed by atoms with Gasteiger partial charge in [-0.1, -0.05) is 18.2 Å². The standard InChI is InChI=1S/C26H28F5NO5/c1-34-19-7-5-17(6-8-19)14-35-16-22(26(29,30)31)37-24(33)32-11-9-25(10-12-32)13-18(15-36-25)23-20(27)3-2-4-21(23)28/h2-8,18,22H,9-16H2,1H3/t18?,22-/m1/s1. The van der Waals surface area contributed by atoms with Gasteiger partial charge in [-0.3, -0.25) is 0 Å². The number of alkyl halides is 3. The molecule has 6 nitrogen and oxygen atoms in total. The summed E-state index contributed by atoms with van der Waals surface area (Å²) in [5.74, 6) is -1.15. The van der Waals surface area contributed by atoms with Crippen LogP contribution in [0.3, 0.4) is 0 Å². The Hall–Kier alpha value is -2.92. The number of carbonyl (C=O) groups is 1. The van der Waals surface area contributed by atoms with Crippen LogP contribution in [0.4, 0.5) is 26.7 Å². The molecule has 0 bridgehead atoms. The fourth-order valence-electron chi connectivity index (χ4n) is 4.77. The van der Waals surface area contributed by atoms with E-state index in [0.29, 0.717) is 30.6 Å². The molecule has 2 fully saturated rings. The first-order valence-electron chi connectivity index (χ1n) is 11.9. The zero-order chi connectivity index (χ0) is 26.6. The van der Waals surface area contributed by atoms with E-state index in [4.69, 9.17) is 18.9 Å². The molecule has 2 aromatic carbocycles. The van der Waals surface area contributed by atoms with Crippen LogP contribution in [0.5, 0.6) is 5.75 Å². The zero-order valence-electron chi connectivity index (χ0n) is 20.2. The van der Waals surface area contributed by atoms with Crippen LogP contribution in [0.15, 0.2) is 42.5 Å². The molecule has 0 aliphatic carbocycles. The Balaban J connectivity index is 1.28. The van der Waals surface area contributed by atoms with E-state index >= 15 is 0 Å². The molecule has 0 radical (unpaired) electrons. The van der Waals surface area contributed by atoms with Crippen LogP contribution in [0, 0.1) is 11.6 Å². The van der Waals surface area contributed by atoms with Crippen molar-refractivity contribution in [2.75, 3.05) is 33.4 Å². The molecule has 37 heavy (non-hydrogen) atoms. The van der Waals surface area contributed by atoms with E-state index in [-0.39, 0.29) is 31.9 Å².